The van der Waals surface area contributed by atoms with Gasteiger partial charge in [-0.15, -0.1) is 10.2 Å². The van der Waals surface area contributed by atoms with Crippen molar-refractivity contribution in [1.29, 1.82) is 0 Å². The Bertz CT molecular complexity index is 1090. The third kappa shape index (κ3) is 3.59. The maximum atomic E-state index is 12.7. The van der Waals surface area contributed by atoms with Crippen LogP contribution in [0.4, 0.5) is 5.69 Å². The Kier molecular flexibility index (Phi) is 4.45. The number of rotatable bonds is 4. The Morgan fingerprint density at radius 3 is 2.52 bits per heavy atom. The summed E-state index contributed by atoms with van der Waals surface area (Å²) in [6.45, 7) is 0. The molecule has 4 rings (SSSR count). The standard InChI is InChI=1S/C21H17N5O/c1-26-14-23-25-20(26)17-8-5-9-18(12-17)24-21(27)19-13-16(10-11-22-19)15-6-3-2-4-7-15/h2-14H,1H3,(H,24,27). The Balaban J connectivity index is 1.57. The summed E-state index contributed by atoms with van der Waals surface area (Å²) in [5.41, 5.74) is 3.90. The molecule has 4 aromatic rings. The summed E-state index contributed by atoms with van der Waals surface area (Å²) in [7, 11) is 1.87. The van der Waals surface area contributed by atoms with Crippen LogP contribution in [-0.4, -0.2) is 25.7 Å². The molecule has 0 fully saturated rings. The smallest absolute Gasteiger partial charge is 0.274 e. The number of aromatic nitrogens is 4. The fraction of sp³-hybridized carbons (Fsp3) is 0.0476. The van der Waals surface area contributed by atoms with Gasteiger partial charge in [0.1, 0.15) is 12.0 Å². The largest absolute Gasteiger partial charge is 0.321 e. The highest BCUT2D eigenvalue weighted by atomic mass is 16.1. The van der Waals surface area contributed by atoms with Crippen molar-refractivity contribution in [2.75, 3.05) is 5.32 Å². The van der Waals surface area contributed by atoms with Gasteiger partial charge in [0.25, 0.3) is 5.91 Å². The maximum Gasteiger partial charge on any atom is 0.274 e. The van der Waals surface area contributed by atoms with Gasteiger partial charge in [-0.3, -0.25) is 9.78 Å². The Labute approximate surface area is 156 Å². The molecule has 6 heteroatoms. The van der Waals surface area contributed by atoms with E-state index in [2.05, 4.69) is 20.5 Å². The zero-order valence-corrected chi connectivity index (χ0v) is 14.7. The van der Waals surface area contributed by atoms with Gasteiger partial charge in [0.2, 0.25) is 0 Å². The van der Waals surface area contributed by atoms with Crippen molar-refractivity contribution in [3.05, 3.63) is 84.9 Å². The van der Waals surface area contributed by atoms with Crippen LogP contribution < -0.4 is 5.32 Å². The van der Waals surface area contributed by atoms with E-state index in [1.807, 2.05) is 72.3 Å². The van der Waals surface area contributed by atoms with E-state index in [-0.39, 0.29) is 5.91 Å². The van der Waals surface area contributed by atoms with E-state index in [0.717, 1.165) is 22.5 Å². The maximum absolute atomic E-state index is 12.7. The van der Waals surface area contributed by atoms with Crippen LogP contribution in [0.5, 0.6) is 0 Å². The minimum atomic E-state index is -0.261. The van der Waals surface area contributed by atoms with Crippen LogP contribution in [0.25, 0.3) is 22.5 Å². The normalized spacial score (nSPS) is 10.6. The fourth-order valence-electron chi connectivity index (χ4n) is 2.84. The number of hydrogen-bond donors (Lipinski definition) is 1. The van der Waals surface area contributed by atoms with Gasteiger partial charge in [-0.2, -0.15) is 0 Å². The van der Waals surface area contributed by atoms with Gasteiger partial charge in [-0.25, -0.2) is 0 Å². The van der Waals surface area contributed by atoms with Crippen molar-refractivity contribution >= 4 is 11.6 Å². The highest BCUT2D eigenvalue weighted by Crippen LogP contribution is 2.22. The summed E-state index contributed by atoms with van der Waals surface area (Å²) in [5.74, 6) is 0.471. The molecule has 0 spiro atoms. The molecule has 0 aliphatic heterocycles. The molecule has 0 bridgehead atoms. The van der Waals surface area contributed by atoms with Gasteiger partial charge >= 0.3 is 0 Å². The molecule has 1 amide bonds. The molecule has 0 saturated heterocycles. The third-order valence-corrected chi connectivity index (χ3v) is 4.19. The molecule has 2 heterocycles. The lowest BCUT2D eigenvalue weighted by molar-refractivity contribution is 0.102. The number of nitrogens with zero attached hydrogens (tertiary/aromatic N) is 4. The summed E-state index contributed by atoms with van der Waals surface area (Å²) in [6, 6.07) is 21.1. The molecule has 0 atom stereocenters. The quantitative estimate of drug-likeness (QED) is 0.604. The van der Waals surface area contributed by atoms with Gasteiger partial charge in [0, 0.05) is 24.5 Å². The average Bonchev–Trinajstić information content (AvgIpc) is 3.15. The predicted molar refractivity (Wildman–Crippen MR) is 104 cm³/mol. The molecule has 0 radical (unpaired) electrons. The van der Waals surface area contributed by atoms with Crippen molar-refractivity contribution in [1.82, 2.24) is 19.7 Å². The number of aryl methyl sites for hydroxylation is 1. The highest BCUT2D eigenvalue weighted by Gasteiger charge is 2.11. The van der Waals surface area contributed by atoms with Crippen molar-refractivity contribution < 1.29 is 4.79 Å². The number of nitrogens with one attached hydrogen (secondary N) is 1. The molecule has 1 N–H and O–H groups in total. The van der Waals surface area contributed by atoms with E-state index in [4.69, 9.17) is 0 Å². The van der Waals surface area contributed by atoms with Crippen LogP contribution in [-0.2, 0) is 7.05 Å². The molecule has 6 nitrogen and oxygen atoms in total. The number of carbonyl (C=O) groups excluding carboxylic acids is 1. The number of anilines is 1. The first-order chi connectivity index (χ1) is 13.2. The topological polar surface area (TPSA) is 72.7 Å². The van der Waals surface area contributed by atoms with E-state index in [9.17, 15) is 4.79 Å². The summed E-state index contributed by atoms with van der Waals surface area (Å²) in [6.07, 6.45) is 3.28. The highest BCUT2D eigenvalue weighted by molar-refractivity contribution is 6.03. The second-order valence-electron chi connectivity index (χ2n) is 6.10. The number of pyridine rings is 1. The second kappa shape index (κ2) is 7.21. The zero-order valence-electron chi connectivity index (χ0n) is 14.7. The summed E-state index contributed by atoms with van der Waals surface area (Å²) < 4.78 is 1.83. The lowest BCUT2D eigenvalue weighted by Gasteiger charge is -2.08. The Morgan fingerprint density at radius 2 is 1.74 bits per heavy atom. The van der Waals surface area contributed by atoms with Crippen LogP contribution in [0.15, 0.2) is 79.3 Å². The number of carbonyl (C=O) groups is 1. The van der Waals surface area contributed by atoms with E-state index in [0.29, 0.717) is 11.4 Å². The minimum Gasteiger partial charge on any atom is -0.321 e. The van der Waals surface area contributed by atoms with Crippen molar-refractivity contribution in [3.63, 3.8) is 0 Å². The van der Waals surface area contributed by atoms with Gasteiger partial charge in [-0.1, -0.05) is 42.5 Å². The van der Waals surface area contributed by atoms with Crippen LogP contribution in [0.1, 0.15) is 10.5 Å². The third-order valence-electron chi connectivity index (χ3n) is 4.19. The molecule has 0 aliphatic rings. The molecule has 132 valence electrons. The van der Waals surface area contributed by atoms with Gasteiger partial charge < -0.3 is 9.88 Å². The summed E-state index contributed by atoms with van der Waals surface area (Å²) in [5, 5.41) is 10.9. The van der Waals surface area contributed by atoms with Crippen LogP contribution in [0, 0.1) is 0 Å². The molecular formula is C21H17N5O. The van der Waals surface area contributed by atoms with E-state index in [1.54, 1.807) is 18.6 Å². The van der Waals surface area contributed by atoms with Gasteiger partial charge in [0.05, 0.1) is 0 Å². The van der Waals surface area contributed by atoms with Gasteiger partial charge in [-0.05, 0) is 35.4 Å². The average molecular weight is 355 g/mol. The van der Waals surface area contributed by atoms with E-state index >= 15 is 0 Å². The first-order valence-electron chi connectivity index (χ1n) is 8.48. The van der Waals surface area contributed by atoms with Gasteiger partial charge in [0.15, 0.2) is 5.82 Å². The lowest BCUT2D eigenvalue weighted by Crippen LogP contribution is -2.13. The first kappa shape index (κ1) is 16.7. The Hall–Kier alpha value is -3.80. The van der Waals surface area contributed by atoms with Crippen molar-refractivity contribution in [2.45, 2.75) is 0 Å². The number of amides is 1. The minimum absolute atomic E-state index is 0.261. The summed E-state index contributed by atoms with van der Waals surface area (Å²) in [4.78, 5) is 16.9. The SMILES string of the molecule is Cn1cnnc1-c1cccc(NC(=O)c2cc(-c3ccccc3)ccn2)c1. The molecule has 27 heavy (non-hydrogen) atoms. The fourth-order valence-corrected chi connectivity index (χ4v) is 2.84. The molecular weight excluding hydrogens is 338 g/mol. The van der Waals surface area contributed by atoms with E-state index < -0.39 is 0 Å². The molecule has 0 unspecified atom stereocenters. The predicted octanol–water partition coefficient (Wildman–Crippen LogP) is 3.80. The van der Waals surface area contributed by atoms with Crippen LogP contribution in [0.3, 0.4) is 0 Å². The summed E-state index contributed by atoms with van der Waals surface area (Å²) >= 11 is 0. The van der Waals surface area contributed by atoms with Crippen LogP contribution >= 0.6 is 0 Å². The molecule has 2 aromatic heterocycles. The van der Waals surface area contributed by atoms with Crippen molar-refractivity contribution in [3.8, 4) is 22.5 Å². The molecule has 2 aromatic carbocycles. The lowest BCUT2D eigenvalue weighted by atomic mass is 10.1. The zero-order chi connectivity index (χ0) is 18.6. The van der Waals surface area contributed by atoms with E-state index in [1.165, 1.54) is 0 Å². The molecule has 0 saturated carbocycles. The first-order valence-corrected chi connectivity index (χ1v) is 8.48. The monoisotopic (exact) mass is 355 g/mol. The Morgan fingerprint density at radius 1 is 0.926 bits per heavy atom. The number of hydrogen-bond acceptors (Lipinski definition) is 4. The van der Waals surface area contributed by atoms with Crippen molar-refractivity contribution in [2.24, 2.45) is 7.05 Å². The number of benzene rings is 2. The van der Waals surface area contributed by atoms with Crippen LogP contribution in [0.2, 0.25) is 0 Å². The second-order valence-corrected chi connectivity index (χ2v) is 6.10. The molecule has 0 aliphatic carbocycles.